The maximum absolute atomic E-state index is 12.2. The molecule has 0 aliphatic heterocycles. The molecule has 8 nitrogen and oxygen atoms in total. The van der Waals surface area contributed by atoms with Crippen LogP contribution in [0.25, 0.3) is 0 Å². The third-order valence-electron chi connectivity index (χ3n) is 2.63. The first-order valence-electron chi connectivity index (χ1n) is 6.08. The van der Waals surface area contributed by atoms with Gasteiger partial charge in [-0.2, -0.15) is 0 Å². The minimum atomic E-state index is -1.24. The first-order valence-corrected chi connectivity index (χ1v) is 6.08. The van der Waals surface area contributed by atoms with E-state index in [1.807, 2.05) is 0 Å². The van der Waals surface area contributed by atoms with Crippen molar-refractivity contribution in [2.45, 2.75) is 12.1 Å². The Morgan fingerprint density at radius 2 is 1.86 bits per heavy atom. The van der Waals surface area contributed by atoms with Crippen molar-refractivity contribution < 1.29 is 24.2 Å². The summed E-state index contributed by atoms with van der Waals surface area (Å²) in [6, 6.07) is 5.15. The van der Waals surface area contributed by atoms with E-state index in [-0.39, 0.29) is 6.61 Å². The molecular formula is C13H17N3O5. The summed E-state index contributed by atoms with van der Waals surface area (Å²) in [6.07, 6.45) is 0. The van der Waals surface area contributed by atoms with E-state index in [9.17, 15) is 14.4 Å². The number of urea groups is 1. The second-order valence-corrected chi connectivity index (χ2v) is 4.21. The van der Waals surface area contributed by atoms with Crippen molar-refractivity contribution in [3.8, 4) is 0 Å². The maximum Gasteiger partial charge on any atom is 0.328 e. The number of carbonyl (C=O) groups is 3. The fraction of sp³-hybridized carbons (Fsp3) is 0.308. The van der Waals surface area contributed by atoms with E-state index < -0.39 is 30.0 Å². The molecule has 0 bridgehead atoms. The number of nitrogens with two attached hydrogens (primary N) is 1. The summed E-state index contributed by atoms with van der Waals surface area (Å²) in [5.74, 6) is -1.93. The number of aliphatic carboxylic acids is 1. The third-order valence-corrected chi connectivity index (χ3v) is 2.63. The Morgan fingerprint density at radius 1 is 1.24 bits per heavy atom. The standard InChI is InChI=1S/C13H17N3O5/c1-21-7-9(12(18)19)15-11(17)10(16-13(14)20)8-5-3-2-4-6-8/h2-6,9-10H,7H2,1H3,(H,15,17)(H,18,19)(H3,14,16,20). The lowest BCUT2D eigenvalue weighted by Gasteiger charge is -2.20. The van der Waals surface area contributed by atoms with Crippen LogP contribution in [0.1, 0.15) is 11.6 Å². The number of primary amides is 1. The fourth-order valence-corrected chi connectivity index (χ4v) is 1.68. The summed E-state index contributed by atoms with van der Waals surface area (Å²) >= 11 is 0. The minimum absolute atomic E-state index is 0.195. The van der Waals surface area contributed by atoms with Crippen LogP contribution in [0, 0.1) is 0 Å². The smallest absolute Gasteiger partial charge is 0.328 e. The van der Waals surface area contributed by atoms with Crippen molar-refractivity contribution in [3.05, 3.63) is 35.9 Å². The summed E-state index contributed by atoms with van der Waals surface area (Å²) < 4.78 is 4.73. The first kappa shape index (κ1) is 16.4. The van der Waals surface area contributed by atoms with Gasteiger partial charge in [0.25, 0.3) is 0 Å². The van der Waals surface area contributed by atoms with Crippen LogP contribution in [0.2, 0.25) is 0 Å². The molecule has 0 aliphatic rings. The van der Waals surface area contributed by atoms with Crippen LogP contribution in [-0.2, 0) is 14.3 Å². The maximum atomic E-state index is 12.2. The second-order valence-electron chi connectivity index (χ2n) is 4.21. The number of hydrogen-bond acceptors (Lipinski definition) is 4. The van der Waals surface area contributed by atoms with Gasteiger partial charge in [0.15, 0.2) is 6.04 Å². The fourth-order valence-electron chi connectivity index (χ4n) is 1.68. The van der Waals surface area contributed by atoms with Crippen LogP contribution in [0.4, 0.5) is 4.79 Å². The van der Waals surface area contributed by atoms with Crippen LogP contribution in [0.15, 0.2) is 30.3 Å². The van der Waals surface area contributed by atoms with Crippen molar-refractivity contribution >= 4 is 17.9 Å². The van der Waals surface area contributed by atoms with Crippen molar-refractivity contribution in [2.24, 2.45) is 5.73 Å². The molecule has 0 saturated heterocycles. The molecule has 0 heterocycles. The third kappa shape index (κ3) is 5.11. The van der Waals surface area contributed by atoms with Gasteiger partial charge in [0, 0.05) is 7.11 Å². The molecule has 5 N–H and O–H groups in total. The minimum Gasteiger partial charge on any atom is -0.480 e. The zero-order chi connectivity index (χ0) is 15.8. The molecule has 0 aliphatic carbocycles. The Morgan fingerprint density at radius 3 is 2.33 bits per heavy atom. The average molecular weight is 295 g/mol. The molecule has 0 fully saturated rings. The van der Waals surface area contributed by atoms with Crippen LogP contribution in [-0.4, -0.2) is 42.8 Å². The number of hydrogen-bond donors (Lipinski definition) is 4. The van der Waals surface area contributed by atoms with Gasteiger partial charge in [-0.1, -0.05) is 30.3 Å². The Bertz CT molecular complexity index is 506. The Kier molecular flexibility index (Phi) is 6.15. The Labute approximate surface area is 121 Å². The van der Waals surface area contributed by atoms with E-state index in [4.69, 9.17) is 15.6 Å². The molecule has 0 radical (unpaired) electrons. The quantitative estimate of drug-likeness (QED) is 0.544. The first-order chi connectivity index (χ1) is 9.95. The largest absolute Gasteiger partial charge is 0.480 e. The number of carboxylic acid groups (broad SMARTS) is 1. The topological polar surface area (TPSA) is 131 Å². The number of benzene rings is 1. The average Bonchev–Trinajstić information content (AvgIpc) is 2.44. The highest BCUT2D eigenvalue weighted by Crippen LogP contribution is 2.12. The monoisotopic (exact) mass is 295 g/mol. The van der Waals surface area contributed by atoms with Gasteiger partial charge in [0.2, 0.25) is 5.91 Å². The highest BCUT2D eigenvalue weighted by Gasteiger charge is 2.27. The number of ether oxygens (including phenoxy) is 1. The molecule has 0 aromatic heterocycles. The number of nitrogens with one attached hydrogen (secondary N) is 2. The molecule has 2 unspecified atom stereocenters. The van der Waals surface area contributed by atoms with E-state index in [1.54, 1.807) is 30.3 Å². The number of rotatable bonds is 7. The number of methoxy groups -OCH3 is 1. The molecule has 0 saturated carbocycles. The van der Waals surface area contributed by atoms with Crippen LogP contribution >= 0.6 is 0 Å². The number of carboxylic acids is 1. The van der Waals surface area contributed by atoms with Gasteiger partial charge in [-0.25, -0.2) is 9.59 Å². The van der Waals surface area contributed by atoms with Gasteiger partial charge < -0.3 is 26.2 Å². The van der Waals surface area contributed by atoms with E-state index in [1.165, 1.54) is 7.11 Å². The zero-order valence-corrected chi connectivity index (χ0v) is 11.4. The predicted molar refractivity (Wildman–Crippen MR) is 73.3 cm³/mol. The number of amides is 3. The van der Waals surface area contributed by atoms with E-state index >= 15 is 0 Å². The van der Waals surface area contributed by atoms with Crippen LogP contribution in [0.5, 0.6) is 0 Å². The molecule has 1 aromatic carbocycles. The summed E-state index contributed by atoms with van der Waals surface area (Å²) in [6.45, 7) is -0.195. The molecular weight excluding hydrogens is 278 g/mol. The molecule has 0 spiro atoms. The number of carbonyl (C=O) groups excluding carboxylic acids is 2. The lowest BCUT2D eigenvalue weighted by molar-refractivity contribution is -0.143. The van der Waals surface area contributed by atoms with Gasteiger partial charge >= 0.3 is 12.0 Å². The summed E-state index contributed by atoms with van der Waals surface area (Å²) in [5, 5.41) is 13.5. The van der Waals surface area contributed by atoms with E-state index in [2.05, 4.69) is 10.6 Å². The summed E-state index contributed by atoms with van der Waals surface area (Å²) in [5.41, 5.74) is 5.53. The molecule has 1 aromatic rings. The predicted octanol–water partition coefficient (Wildman–Crippen LogP) is -0.388. The van der Waals surface area contributed by atoms with Gasteiger partial charge in [0.05, 0.1) is 6.61 Å². The van der Waals surface area contributed by atoms with Gasteiger partial charge in [0.1, 0.15) is 6.04 Å². The molecule has 1 rings (SSSR count). The van der Waals surface area contributed by atoms with Gasteiger partial charge in [-0.05, 0) is 5.56 Å². The van der Waals surface area contributed by atoms with Crippen molar-refractivity contribution in [1.82, 2.24) is 10.6 Å². The van der Waals surface area contributed by atoms with E-state index in [0.717, 1.165) is 0 Å². The SMILES string of the molecule is COCC(NC(=O)C(NC(N)=O)c1ccccc1)C(=O)O. The van der Waals surface area contributed by atoms with Crippen molar-refractivity contribution in [3.63, 3.8) is 0 Å². The van der Waals surface area contributed by atoms with Crippen LogP contribution < -0.4 is 16.4 Å². The van der Waals surface area contributed by atoms with Crippen molar-refractivity contribution in [2.75, 3.05) is 13.7 Å². The lowest BCUT2D eigenvalue weighted by atomic mass is 10.1. The normalized spacial score (nSPS) is 13.0. The highest BCUT2D eigenvalue weighted by molar-refractivity contribution is 5.90. The van der Waals surface area contributed by atoms with Gasteiger partial charge in [-0.15, -0.1) is 0 Å². The lowest BCUT2D eigenvalue weighted by Crippen LogP contribution is -2.49. The summed E-state index contributed by atoms with van der Waals surface area (Å²) in [4.78, 5) is 34.2. The molecule has 21 heavy (non-hydrogen) atoms. The molecule has 8 heteroatoms. The van der Waals surface area contributed by atoms with Crippen molar-refractivity contribution in [1.29, 1.82) is 0 Å². The van der Waals surface area contributed by atoms with Crippen LogP contribution in [0.3, 0.4) is 0 Å². The molecule has 114 valence electrons. The Hall–Kier alpha value is -2.61. The summed E-state index contributed by atoms with van der Waals surface area (Å²) in [7, 11) is 1.32. The van der Waals surface area contributed by atoms with Gasteiger partial charge in [-0.3, -0.25) is 4.79 Å². The highest BCUT2D eigenvalue weighted by atomic mass is 16.5. The molecule has 2 atom stereocenters. The molecule has 3 amide bonds. The second kappa shape index (κ2) is 7.85. The zero-order valence-electron chi connectivity index (χ0n) is 11.4. The Balaban J connectivity index is 2.90. The van der Waals surface area contributed by atoms with E-state index in [0.29, 0.717) is 5.56 Å².